The molecule has 0 unspecified atom stereocenters. The van der Waals surface area contributed by atoms with Gasteiger partial charge in [0, 0.05) is 33.1 Å². The third-order valence-electron chi connectivity index (χ3n) is 4.02. The van der Waals surface area contributed by atoms with Crippen LogP contribution in [0.1, 0.15) is 5.56 Å². The number of hydrogen-bond donors (Lipinski definition) is 2. The molecule has 0 atom stereocenters. The number of hydrogen-bond acceptors (Lipinski definition) is 2. The molecule has 0 bridgehead atoms. The highest BCUT2D eigenvalue weighted by Crippen LogP contribution is 2.33. The van der Waals surface area contributed by atoms with Crippen LogP contribution in [0.2, 0.25) is 0 Å². The van der Waals surface area contributed by atoms with E-state index in [0.29, 0.717) is 8.95 Å². The first-order valence-corrected chi connectivity index (χ1v) is 8.87. The molecule has 5 heteroatoms. The number of phenols is 1. The van der Waals surface area contributed by atoms with Crippen LogP contribution in [0.15, 0.2) is 51.5 Å². The minimum atomic E-state index is 0.190. The second-order valence-electron chi connectivity index (χ2n) is 5.55. The van der Waals surface area contributed by atoms with Crippen molar-refractivity contribution in [2.75, 3.05) is 0 Å². The maximum absolute atomic E-state index is 9.89. The zero-order valence-corrected chi connectivity index (χ0v) is 15.6. The number of benzene rings is 2. The largest absolute Gasteiger partial charge is 0.506 e. The van der Waals surface area contributed by atoms with Crippen molar-refractivity contribution < 1.29 is 5.11 Å². The maximum atomic E-state index is 9.89. The number of nitrogens with one attached hydrogen (secondary N) is 1. The van der Waals surface area contributed by atoms with Gasteiger partial charge in [-0.3, -0.25) is 4.98 Å². The van der Waals surface area contributed by atoms with Gasteiger partial charge < -0.3 is 10.1 Å². The van der Waals surface area contributed by atoms with Crippen LogP contribution >= 0.6 is 31.9 Å². The van der Waals surface area contributed by atoms with E-state index in [4.69, 9.17) is 0 Å². The lowest BCUT2D eigenvalue weighted by Gasteiger charge is -2.02. The summed E-state index contributed by atoms with van der Waals surface area (Å²) in [6.45, 7) is 4.14. The number of H-pyrrole nitrogens is 1. The van der Waals surface area contributed by atoms with Gasteiger partial charge in [-0.25, -0.2) is 0 Å². The molecule has 4 rings (SSSR count). The van der Waals surface area contributed by atoms with E-state index in [1.54, 1.807) is 6.20 Å². The van der Waals surface area contributed by atoms with Crippen LogP contribution in [0.3, 0.4) is 0 Å². The molecular weight excluding hydrogens is 432 g/mol. The zero-order chi connectivity index (χ0) is 16.8. The molecular formula is C19H12Br2N2O. The van der Waals surface area contributed by atoms with Gasteiger partial charge in [-0.15, -0.1) is 0 Å². The number of nitrogens with zero attached hydrogens (tertiary/aromatic N) is 1. The van der Waals surface area contributed by atoms with Gasteiger partial charge in [0.15, 0.2) is 0 Å². The quantitative estimate of drug-likeness (QED) is 0.463. The molecule has 3 nitrogen and oxygen atoms in total. The van der Waals surface area contributed by atoms with Gasteiger partial charge in [-0.1, -0.05) is 12.6 Å². The predicted octanol–water partition coefficient (Wildman–Crippen LogP) is 4.19. The number of rotatable bonds is 1. The molecule has 0 amide bonds. The van der Waals surface area contributed by atoms with Crippen molar-refractivity contribution in [3.05, 3.63) is 67.7 Å². The van der Waals surface area contributed by atoms with E-state index in [2.05, 4.69) is 60.5 Å². The molecule has 0 aliphatic heterocycles. The molecule has 2 N–H and O–H groups in total. The van der Waals surface area contributed by atoms with Crippen molar-refractivity contribution in [3.63, 3.8) is 0 Å². The van der Waals surface area contributed by atoms with Gasteiger partial charge >= 0.3 is 0 Å². The summed E-state index contributed by atoms with van der Waals surface area (Å²) >= 11 is 6.75. The Morgan fingerprint density at radius 1 is 1.12 bits per heavy atom. The lowest BCUT2D eigenvalue weighted by molar-refractivity contribution is 0.468. The van der Waals surface area contributed by atoms with Gasteiger partial charge in [-0.05, 0) is 73.8 Å². The van der Waals surface area contributed by atoms with Gasteiger partial charge in [-0.2, -0.15) is 0 Å². The van der Waals surface area contributed by atoms with Crippen molar-refractivity contribution in [1.82, 2.24) is 9.97 Å². The summed E-state index contributed by atoms with van der Waals surface area (Å²) in [4.78, 5) is 7.77. The van der Waals surface area contributed by atoms with Gasteiger partial charge in [0.1, 0.15) is 5.75 Å². The Kier molecular flexibility index (Phi) is 3.70. The molecule has 0 fully saturated rings. The molecule has 4 aromatic rings. The highest BCUT2D eigenvalue weighted by molar-refractivity contribution is 9.11. The summed E-state index contributed by atoms with van der Waals surface area (Å²) in [7, 11) is 0. The van der Waals surface area contributed by atoms with E-state index in [1.807, 2.05) is 30.3 Å². The Balaban J connectivity index is 2.12. The normalized spacial score (nSPS) is 12.3. The lowest BCUT2D eigenvalue weighted by Crippen LogP contribution is -2.20. The zero-order valence-electron chi connectivity index (χ0n) is 12.5. The average molecular weight is 444 g/mol. The molecule has 118 valence electrons. The highest BCUT2D eigenvalue weighted by atomic mass is 79.9. The maximum Gasteiger partial charge on any atom is 0.143 e. The molecule has 0 spiro atoms. The van der Waals surface area contributed by atoms with Crippen molar-refractivity contribution in [2.24, 2.45) is 0 Å². The van der Waals surface area contributed by atoms with Crippen LogP contribution in [0.25, 0.3) is 34.5 Å². The number of phenolic OH excluding ortho intramolecular Hbond substituents is 1. The van der Waals surface area contributed by atoms with Gasteiger partial charge in [0.25, 0.3) is 0 Å². The van der Waals surface area contributed by atoms with Gasteiger partial charge in [0.2, 0.25) is 0 Å². The van der Waals surface area contributed by atoms with Crippen molar-refractivity contribution in [3.8, 4) is 5.75 Å². The Morgan fingerprint density at radius 2 is 1.88 bits per heavy atom. The number of fused-ring (bicyclic) bond motifs is 3. The van der Waals surface area contributed by atoms with E-state index < -0.39 is 0 Å². The summed E-state index contributed by atoms with van der Waals surface area (Å²) < 4.78 is 1.28. The first kappa shape index (κ1) is 15.4. The molecule has 0 aliphatic rings. The molecule has 2 heterocycles. The number of aromatic nitrogens is 2. The Bertz CT molecular complexity index is 1190. The first-order chi connectivity index (χ1) is 11.5. The summed E-state index contributed by atoms with van der Waals surface area (Å²) in [6.07, 6.45) is 3.85. The fourth-order valence-corrected chi connectivity index (χ4v) is 4.14. The minimum absolute atomic E-state index is 0.190. The molecule has 0 aliphatic carbocycles. The second kappa shape index (κ2) is 5.76. The van der Waals surface area contributed by atoms with Crippen LogP contribution in [-0.4, -0.2) is 15.1 Å². The van der Waals surface area contributed by atoms with Crippen LogP contribution in [-0.2, 0) is 0 Å². The van der Waals surface area contributed by atoms with Crippen LogP contribution < -0.4 is 10.6 Å². The molecule has 0 saturated carbocycles. The van der Waals surface area contributed by atoms with E-state index in [0.717, 1.165) is 37.9 Å². The summed E-state index contributed by atoms with van der Waals surface area (Å²) in [5, 5.41) is 14.0. The number of halogens is 2. The van der Waals surface area contributed by atoms with Crippen LogP contribution in [0.4, 0.5) is 0 Å². The fraction of sp³-hybridized carbons (Fsp3) is 0. The lowest BCUT2D eigenvalue weighted by atomic mass is 10.1. The molecule has 0 radical (unpaired) electrons. The standard InChI is InChI=1S/C19H12Br2N2O/c1-10-13(7-11-8-14(20)19(24)15(21)9-11)18-12-3-2-6-22-16(12)4-5-17(18)23-10/h2-9,23-24H,1H2/b13-7+. The smallest absolute Gasteiger partial charge is 0.143 e. The van der Waals surface area contributed by atoms with Crippen molar-refractivity contribution >= 4 is 66.3 Å². The third-order valence-corrected chi connectivity index (χ3v) is 5.22. The van der Waals surface area contributed by atoms with Crippen LogP contribution in [0.5, 0.6) is 5.75 Å². The molecule has 2 aromatic heterocycles. The topological polar surface area (TPSA) is 48.9 Å². The summed E-state index contributed by atoms with van der Waals surface area (Å²) in [6, 6.07) is 11.8. The second-order valence-corrected chi connectivity index (χ2v) is 7.26. The predicted molar refractivity (Wildman–Crippen MR) is 105 cm³/mol. The molecule has 2 aromatic carbocycles. The van der Waals surface area contributed by atoms with Gasteiger partial charge in [0.05, 0.1) is 14.5 Å². The fourth-order valence-electron chi connectivity index (χ4n) is 2.92. The SMILES string of the molecule is C=c1[nH]c2ccc3ncccc3c2/c1=C/c1cc(Br)c(O)c(Br)c1. The Hall–Kier alpha value is -2.11. The first-order valence-electron chi connectivity index (χ1n) is 7.29. The van der Waals surface area contributed by atoms with E-state index in [9.17, 15) is 5.11 Å². The summed E-state index contributed by atoms with van der Waals surface area (Å²) in [5.41, 5.74) is 2.94. The molecule has 0 saturated heterocycles. The average Bonchev–Trinajstić information content (AvgIpc) is 2.89. The Labute approximate surface area is 154 Å². The van der Waals surface area contributed by atoms with E-state index in [-0.39, 0.29) is 5.75 Å². The highest BCUT2D eigenvalue weighted by Gasteiger charge is 2.08. The van der Waals surface area contributed by atoms with Crippen LogP contribution in [0, 0.1) is 0 Å². The van der Waals surface area contributed by atoms with Crippen molar-refractivity contribution in [2.45, 2.75) is 0 Å². The summed E-state index contributed by atoms with van der Waals surface area (Å²) in [5.74, 6) is 0.190. The van der Waals surface area contributed by atoms with E-state index in [1.165, 1.54) is 0 Å². The minimum Gasteiger partial charge on any atom is -0.506 e. The number of pyridine rings is 1. The Morgan fingerprint density at radius 3 is 2.62 bits per heavy atom. The van der Waals surface area contributed by atoms with Crippen molar-refractivity contribution in [1.29, 1.82) is 0 Å². The number of aromatic hydroxyl groups is 1. The monoisotopic (exact) mass is 442 g/mol. The molecule has 24 heavy (non-hydrogen) atoms. The third kappa shape index (κ3) is 2.44. The number of aromatic amines is 1. The van der Waals surface area contributed by atoms with E-state index >= 15 is 0 Å².